The number of carbonyl (C=O) groups excluding carboxylic acids is 1. The highest BCUT2D eigenvalue weighted by Gasteiger charge is 2.35. The predicted molar refractivity (Wildman–Crippen MR) is 105 cm³/mol. The van der Waals surface area contributed by atoms with Crippen molar-refractivity contribution in [1.82, 2.24) is 9.80 Å². The minimum Gasteiger partial charge on any atom is -0.450 e. The van der Waals surface area contributed by atoms with Gasteiger partial charge in [-0.05, 0) is 38.3 Å². The zero-order chi connectivity index (χ0) is 19.3. The van der Waals surface area contributed by atoms with Gasteiger partial charge in [0.15, 0.2) is 15.6 Å². The van der Waals surface area contributed by atoms with Gasteiger partial charge in [-0.2, -0.15) is 0 Å². The average Bonchev–Trinajstić information content (AvgIpc) is 3.18. The van der Waals surface area contributed by atoms with Crippen LogP contribution in [-0.2, 0) is 9.84 Å². The van der Waals surface area contributed by atoms with Crippen LogP contribution in [0, 0.1) is 20.8 Å². The third-order valence-electron chi connectivity index (χ3n) is 6.00. The molecule has 1 atom stereocenters. The average molecular weight is 391 g/mol. The summed E-state index contributed by atoms with van der Waals surface area (Å²) in [6.45, 7) is 8.60. The molecule has 0 bridgehead atoms. The van der Waals surface area contributed by atoms with Crippen molar-refractivity contribution in [3.63, 3.8) is 0 Å². The van der Waals surface area contributed by atoms with Gasteiger partial charge in [-0.1, -0.05) is 12.1 Å². The quantitative estimate of drug-likeness (QED) is 0.787. The summed E-state index contributed by atoms with van der Waals surface area (Å²) in [5.41, 5.74) is 3.85. The van der Waals surface area contributed by atoms with Crippen LogP contribution in [0.15, 0.2) is 16.5 Å². The minimum absolute atomic E-state index is 0.0683. The van der Waals surface area contributed by atoms with Crippen molar-refractivity contribution in [2.75, 3.05) is 37.7 Å². The Kier molecular flexibility index (Phi) is 4.55. The number of hydrogen-bond acceptors (Lipinski definition) is 5. The van der Waals surface area contributed by atoms with Crippen LogP contribution >= 0.6 is 0 Å². The van der Waals surface area contributed by atoms with Crippen LogP contribution in [0.3, 0.4) is 0 Å². The Morgan fingerprint density at radius 3 is 2.33 bits per heavy atom. The van der Waals surface area contributed by atoms with Gasteiger partial charge in [0.2, 0.25) is 0 Å². The monoisotopic (exact) mass is 390 g/mol. The first-order valence-corrected chi connectivity index (χ1v) is 11.3. The summed E-state index contributed by atoms with van der Waals surface area (Å²) in [6.07, 6.45) is 0.706. The highest BCUT2D eigenvalue weighted by atomic mass is 32.2. The number of benzene rings is 1. The van der Waals surface area contributed by atoms with E-state index in [2.05, 4.69) is 11.0 Å². The van der Waals surface area contributed by atoms with Crippen LogP contribution in [-0.4, -0.2) is 67.9 Å². The van der Waals surface area contributed by atoms with Gasteiger partial charge in [0.25, 0.3) is 5.91 Å². The lowest BCUT2D eigenvalue weighted by atomic mass is 10.0. The number of fused-ring (bicyclic) bond motifs is 1. The Morgan fingerprint density at radius 1 is 1.07 bits per heavy atom. The molecular formula is C20H26N2O4S. The van der Waals surface area contributed by atoms with Crippen LogP contribution in [0.2, 0.25) is 0 Å². The largest absolute Gasteiger partial charge is 0.450 e. The number of hydrogen-bond donors (Lipinski definition) is 0. The van der Waals surface area contributed by atoms with Crippen molar-refractivity contribution in [3.8, 4) is 0 Å². The second-order valence-electron chi connectivity index (χ2n) is 7.84. The lowest BCUT2D eigenvalue weighted by Crippen LogP contribution is -2.52. The number of aryl methyl sites for hydroxylation is 3. The van der Waals surface area contributed by atoms with Crippen molar-refractivity contribution >= 4 is 26.7 Å². The van der Waals surface area contributed by atoms with Gasteiger partial charge in [-0.3, -0.25) is 9.69 Å². The fourth-order valence-corrected chi connectivity index (χ4v) is 6.14. The van der Waals surface area contributed by atoms with E-state index >= 15 is 0 Å². The van der Waals surface area contributed by atoms with Gasteiger partial charge in [-0.25, -0.2) is 8.42 Å². The second-order valence-corrected chi connectivity index (χ2v) is 10.1. The maximum atomic E-state index is 13.1. The Bertz CT molecular complexity index is 1000. The number of rotatable bonds is 2. The van der Waals surface area contributed by atoms with Gasteiger partial charge in [0.05, 0.1) is 11.5 Å². The molecule has 0 N–H and O–H groups in total. The molecule has 0 aliphatic carbocycles. The molecule has 1 unspecified atom stereocenters. The van der Waals surface area contributed by atoms with E-state index in [1.54, 1.807) is 0 Å². The molecule has 4 rings (SSSR count). The third-order valence-corrected chi connectivity index (χ3v) is 7.75. The van der Waals surface area contributed by atoms with Crippen LogP contribution in [0.5, 0.6) is 0 Å². The summed E-state index contributed by atoms with van der Waals surface area (Å²) in [6, 6.07) is 4.18. The van der Waals surface area contributed by atoms with E-state index in [0.29, 0.717) is 38.4 Å². The SMILES string of the molecule is Cc1ccc(C)c2c(C)c(C(=O)N3CCN(C4CCS(=O)(=O)C4)CC3)oc12. The molecule has 0 saturated carbocycles. The van der Waals surface area contributed by atoms with Crippen LogP contribution in [0.4, 0.5) is 0 Å². The zero-order valence-corrected chi connectivity index (χ0v) is 16.9. The maximum Gasteiger partial charge on any atom is 0.289 e. The number of amides is 1. The normalized spacial score (nSPS) is 23.2. The number of piperazine rings is 1. The molecule has 2 saturated heterocycles. The number of sulfone groups is 1. The fourth-order valence-electron chi connectivity index (χ4n) is 4.38. The van der Waals surface area contributed by atoms with Gasteiger partial charge in [0, 0.05) is 43.2 Å². The van der Waals surface area contributed by atoms with E-state index in [4.69, 9.17) is 4.42 Å². The molecule has 1 amide bonds. The molecule has 2 fully saturated rings. The zero-order valence-electron chi connectivity index (χ0n) is 16.1. The van der Waals surface area contributed by atoms with Crippen LogP contribution < -0.4 is 0 Å². The lowest BCUT2D eigenvalue weighted by molar-refractivity contribution is 0.0560. The third kappa shape index (κ3) is 3.27. The van der Waals surface area contributed by atoms with Gasteiger partial charge in [-0.15, -0.1) is 0 Å². The Balaban J connectivity index is 1.50. The molecule has 0 radical (unpaired) electrons. The highest BCUT2D eigenvalue weighted by Crippen LogP contribution is 2.31. The molecular weight excluding hydrogens is 364 g/mol. The summed E-state index contributed by atoms with van der Waals surface area (Å²) in [7, 11) is -2.88. The summed E-state index contributed by atoms with van der Waals surface area (Å²) in [5.74, 6) is 0.899. The summed E-state index contributed by atoms with van der Waals surface area (Å²) in [5, 5.41) is 1.04. The topological polar surface area (TPSA) is 70.8 Å². The van der Waals surface area contributed by atoms with E-state index < -0.39 is 9.84 Å². The number of nitrogens with zero attached hydrogens (tertiary/aromatic N) is 2. The Labute approximate surface area is 160 Å². The molecule has 2 aromatic rings. The molecule has 1 aromatic carbocycles. The standard InChI is InChI=1S/C20H26N2O4S/c1-13-4-5-14(2)18-17(13)15(3)19(26-18)20(23)22-9-7-21(8-10-22)16-6-11-27(24,25)12-16/h4-5,16H,6-12H2,1-3H3. The van der Waals surface area contributed by atoms with Crippen molar-refractivity contribution < 1.29 is 17.6 Å². The first-order valence-electron chi connectivity index (χ1n) is 9.50. The smallest absolute Gasteiger partial charge is 0.289 e. The molecule has 2 aliphatic rings. The summed E-state index contributed by atoms with van der Waals surface area (Å²) < 4.78 is 29.4. The molecule has 0 spiro atoms. The Morgan fingerprint density at radius 2 is 1.74 bits per heavy atom. The lowest BCUT2D eigenvalue weighted by Gasteiger charge is -2.37. The van der Waals surface area contributed by atoms with Crippen molar-refractivity contribution in [1.29, 1.82) is 0 Å². The van der Waals surface area contributed by atoms with E-state index in [1.165, 1.54) is 0 Å². The fraction of sp³-hybridized carbons (Fsp3) is 0.550. The molecule has 2 aliphatic heterocycles. The predicted octanol–water partition coefficient (Wildman–Crippen LogP) is 2.30. The Hall–Kier alpha value is -1.86. The van der Waals surface area contributed by atoms with E-state index in [0.717, 1.165) is 27.7 Å². The van der Waals surface area contributed by atoms with Gasteiger partial charge in [0.1, 0.15) is 5.58 Å². The van der Waals surface area contributed by atoms with Crippen molar-refractivity contribution in [2.45, 2.75) is 33.2 Å². The second kappa shape index (κ2) is 6.63. The van der Waals surface area contributed by atoms with Crippen LogP contribution in [0.25, 0.3) is 11.0 Å². The molecule has 3 heterocycles. The first kappa shape index (κ1) is 18.5. The molecule has 6 nitrogen and oxygen atoms in total. The van der Waals surface area contributed by atoms with Gasteiger partial charge < -0.3 is 9.32 Å². The molecule has 27 heavy (non-hydrogen) atoms. The highest BCUT2D eigenvalue weighted by molar-refractivity contribution is 7.91. The number of furan rings is 1. The molecule has 7 heteroatoms. The van der Waals surface area contributed by atoms with E-state index in [9.17, 15) is 13.2 Å². The van der Waals surface area contributed by atoms with Crippen molar-refractivity contribution in [3.05, 3.63) is 34.6 Å². The minimum atomic E-state index is -2.88. The number of carbonyl (C=O) groups is 1. The van der Waals surface area contributed by atoms with Crippen molar-refractivity contribution in [2.24, 2.45) is 0 Å². The van der Waals surface area contributed by atoms with E-state index in [-0.39, 0.29) is 23.5 Å². The van der Waals surface area contributed by atoms with Gasteiger partial charge >= 0.3 is 0 Å². The first-order chi connectivity index (χ1) is 12.8. The van der Waals surface area contributed by atoms with Crippen LogP contribution in [0.1, 0.15) is 33.7 Å². The summed E-state index contributed by atoms with van der Waals surface area (Å²) >= 11 is 0. The van der Waals surface area contributed by atoms with E-state index in [1.807, 2.05) is 31.7 Å². The maximum absolute atomic E-state index is 13.1. The molecule has 1 aromatic heterocycles. The summed E-state index contributed by atoms with van der Waals surface area (Å²) in [4.78, 5) is 17.1. The molecule has 146 valence electrons.